The molecule has 3 aromatic rings. The van der Waals surface area contributed by atoms with Crippen molar-refractivity contribution in [3.05, 3.63) is 40.5 Å². The summed E-state index contributed by atoms with van der Waals surface area (Å²) >= 11 is 1.13. The van der Waals surface area contributed by atoms with Gasteiger partial charge >= 0.3 is 5.97 Å². The lowest BCUT2D eigenvalue weighted by Gasteiger charge is -2.00. The highest BCUT2D eigenvalue weighted by Crippen LogP contribution is 2.32. The van der Waals surface area contributed by atoms with Gasteiger partial charge in [-0.3, -0.25) is 0 Å². The van der Waals surface area contributed by atoms with Crippen LogP contribution >= 0.6 is 11.3 Å². The van der Waals surface area contributed by atoms with E-state index in [0.717, 1.165) is 33.5 Å². The number of thiazole rings is 1. The van der Waals surface area contributed by atoms with Crippen LogP contribution in [0.1, 0.15) is 40.7 Å². The summed E-state index contributed by atoms with van der Waals surface area (Å²) in [5.74, 6) is -0.754. The maximum Gasteiger partial charge on any atom is 0.347 e. The van der Waals surface area contributed by atoms with Gasteiger partial charge in [0, 0.05) is 22.2 Å². The summed E-state index contributed by atoms with van der Waals surface area (Å²) in [6.07, 6.45) is 1.36. The van der Waals surface area contributed by atoms with E-state index in [1.165, 1.54) is 6.20 Å². The molecule has 2 heterocycles. The second-order valence-corrected chi connectivity index (χ2v) is 6.31. The third kappa shape index (κ3) is 2.26. The average Bonchev–Trinajstić information content (AvgIpc) is 3.11. The number of aromatic amines is 1. The molecule has 0 aliphatic carbocycles. The van der Waals surface area contributed by atoms with Crippen LogP contribution in [0.15, 0.2) is 24.4 Å². The molecule has 22 heavy (non-hydrogen) atoms. The van der Waals surface area contributed by atoms with Crippen molar-refractivity contribution in [2.45, 2.75) is 19.8 Å². The number of aromatic carboxylic acids is 1. The Morgan fingerprint density at radius 2 is 2.23 bits per heavy atom. The first kappa shape index (κ1) is 14.3. The largest absolute Gasteiger partial charge is 0.477 e. The third-order valence-electron chi connectivity index (χ3n) is 3.48. The number of rotatable bonds is 3. The van der Waals surface area contributed by atoms with Gasteiger partial charge in [0.05, 0.1) is 11.8 Å². The maximum absolute atomic E-state index is 11.0. The van der Waals surface area contributed by atoms with E-state index in [9.17, 15) is 10.1 Å². The quantitative estimate of drug-likeness (QED) is 0.765. The summed E-state index contributed by atoms with van der Waals surface area (Å²) in [6, 6.07) is 7.93. The predicted octanol–water partition coefficient (Wildman–Crippen LogP) is 3.98. The van der Waals surface area contributed by atoms with E-state index in [-0.39, 0.29) is 10.8 Å². The molecule has 0 atom stereocenters. The molecule has 2 N–H and O–H groups in total. The molecule has 0 fully saturated rings. The molecule has 5 nitrogen and oxygen atoms in total. The summed E-state index contributed by atoms with van der Waals surface area (Å²) in [5.41, 5.74) is 3.27. The van der Waals surface area contributed by atoms with Crippen LogP contribution in [-0.4, -0.2) is 21.0 Å². The number of carbonyl (C=O) groups is 1. The van der Waals surface area contributed by atoms with Gasteiger partial charge in [0.1, 0.15) is 16.0 Å². The van der Waals surface area contributed by atoms with Crippen molar-refractivity contribution in [3.63, 3.8) is 0 Å². The van der Waals surface area contributed by atoms with Gasteiger partial charge in [-0.1, -0.05) is 13.8 Å². The van der Waals surface area contributed by atoms with E-state index in [1.54, 1.807) is 0 Å². The Hall–Kier alpha value is -2.65. The van der Waals surface area contributed by atoms with Crippen molar-refractivity contribution < 1.29 is 9.90 Å². The van der Waals surface area contributed by atoms with E-state index in [4.69, 9.17) is 5.11 Å². The van der Waals surface area contributed by atoms with Crippen LogP contribution in [0.5, 0.6) is 0 Å². The monoisotopic (exact) mass is 311 g/mol. The number of H-pyrrole nitrogens is 1. The number of carboxylic acid groups (broad SMARTS) is 1. The van der Waals surface area contributed by atoms with E-state index in [2.05, 4.69) is 16.0 Å². The first-order valence-electron chi connectivity index (χ1n) is 6.76. The zero-order valence-electron chi connectivity index (χ0n) is 12.0. The lowest BCUT2D eigenvalue weighted by atomic mass is 10.0. The number of fused-ring (bicyclic) bond motifs is 1. The van der Waals surface area contributed by atoms with Gasteiger partial charge in [-0.2, -0.15) is 5.26 Å². The maximum atomic E-state index is 11.0. The average molecular weight is 311 g/mol. The number of nitriles is 1. The minimum absolute atomic E-state index is 0.201. The van der Waals surface area contributed by atoms with Gasteiger partial charge in [-0.25, -0.2) is 9.78 Å². The number of hydrogen-bond donors (Lipinski definition) is 2. The third-order valence-corrected chi connectivity index (χ3v) is 4.51. The van der Waals surface area contributed by atoms with E-state index < -0.39 is 5.97 Å². The van der Waals surface area contributed by atoms with Gasteiger partial charge < -0.3 is 10.1 Å². The summed E-state index contributed by atoms with van der Waals surface area (Å²) in [6.45, 7) is 4.07. The first-order chi connectivity index (χ1) is 10.5. The molecule has 0 aliphatic rings. The van der Waals surface area contributed by atoms with Crippen LogP contribution in [0.2, 0.25) is 0 Å². The number of aromatic nitrogens is 2. The van der Waals surface area contributed by atoms with Crippen LogP contribution < -0.4 is 0 Å². The van der Waals surface area contributed by atoms with Crippen LogP contribution in [0.25, 0.3) is 21.5 Å². The highest BCUT2D eigenvalue weighted by molar-refractivity contribution is 7.16. The second kappa shape index (κ2) is 5.28. The van der Waals surface area contributed by atoms with E-state index >= 15 is 0 Å². The van der Waals surface area contributed by atoms with E-state index in [0.29, 0.717) is 10.6 Å². The Kier molecular flexibility index (Phi) is 3.43. The number of nitrogens with one attached hydrogen (secondary N) is 1. The van der Waals surface area contributed by atoms with Gasteiger partial charge in [-0.15, -0.1) is 11.3 Å². The fraction of sp³-hybridized carbons (Fsp3) is 0.188. The fourth-order valence-electron chi connectivity index (χ4n) is 2.41. The molecule has 0 unspecified atom stereocenters. The van der Waals surface area contributed by atoms with Crippen molar-refractivity contribution in [1.82, 2.24) is 9.97 Å². The lowest BCUT2D eigenvalue weighted by molar-refractivity contribution is 0.0702. The highest BCUT2D eigenvalue weighted by Gasteiger charge is 2.16. The predicted molar refractivity (Wildman–Crippen MR) is 85.2 cm³/mol. The molecule has 0 aliphatic heterocycles. The van der Waals surface area contributed by atoms with Crippen LogP contribution in [-0.2, 0) is 0 Å². The molecule has 0 saturated carbocycles. The Bertz CT molecular complexity index is 915. The Morgan fingerprint density at radius 3 is 2.82 bits per heavy atom. The minimum Gasteiger partial charge on any atom is -0.477 e. The molecule has 0 amide bonds. The number of nitrogens with zero attached hydrogens (tertiary/aromatic N) is 2. The molecule has 0 spiro atoms. The zero-order chi connectivity index (χ0) is 15.9. The summed E-state index contributed by atoms with van der Waals surface area (Å²) in [5, 5.41) is 19.9. The standard InChI is InChI=1S/C16H13N3O2S/c1-8(2)14-11(6-17)10-5-9(3-4-12(10)19-14)15-18-7-13(22-15)16(20)21/h3-5,7-8,19H,1-2H3,(H,20,21). The summed E-state index contributed by atoms with van der Waals surface area (Å²) in [7, 11) is 0. The van der Waals surface area contributed by atoms with Crippen LogP contribution in [0.4, 0.5) is 0 Å². The number of benzene rings is 1. The minimum atomic E-state index is -0.980. The molecule has 0 saturated heterocycles. The van der Waals surface area contributed by atoms with Gasteiger partial charge in [0.2, 0.25) is 0 Å². The number of carboxylic acids is 1. The summed E-state index contributed by atoms with van der Waals surface area (Å²) < 4.78 is 0. The second-order valence-electron chi connectivity index (χ2n) is 5.28. The van der Waals surface area contributed by atoms with Gasteiger partial charge in [0.15, 0.2) is 0 Å². The molecule has 2 aromatic heterocycles. The van der Waals surface area contributed by atoms with Crippen molar-refractivity contribution >= 4 is 28.2 Å². The van der Waals surface area contributed by atoms with Crippen molar-refractivity contribution in [1.29, 1.82) is 5.26 Å². The molecular formula is C16H13N3O2S. The topological polar surface area (TPSA) is 89.8 Å². The van der Waals surface area contributed by atoms with E-state index in [1.807, 2.05) is 32.0 Å². The smallest absolute Gasteiger partial charge is 0.347 e. The van der Waals surface area contributed by atoms with Crippen molar-refractivity contribution in [2.24, 2.45) is 0 Å². The lowest BCUT2D eigenvalue weighted by Crippen LogP contribution is -1.89. The fourth-order valence-corrected chi connectivity index (χ4v) is 3.16. The molecule has 3 rings (SSSR count). The van der Waals surface area contributed by atoms with Gasteiger partial charge in [-0.05, 0) is 24.1 Å². The number of hydrogen-bond acceptors (Lipinski definition) is 4. The Labute approximate surface area is 130 Å². The SMILES string of the molecule is CC(C)c1[nH]c2ccc(-c3ncc(C(=O)O)s3)cc2c1C#N. The molecule has 1 aromatic carbocycles. The van der Waals surface area contributed by atoms with Crippen LogP contribution in [0, 0.1) is 11.3 Å². The molecule has 0 bridgehead atoms. The Balaban J connectivity index is 2.16. The zero-order valence-corrected chi connectivity index (χ0v) is 12.9. The highest BCUT2D eigenvalue weighted by atomic mass is 32.1. The van der Waals surface area contributed by atoms with Gasteiger partial charge in [0.25, 0.3) is 0 Å². The summed E-state index contributed by atoms with van der Waals surface area (Å²) in [4.78, 5) is 18.6. The molecule has 110 valence electrons. The Morgan fingerprint density at radius 1 is 1.45 bits per heavy atom. The van der Waals surface area contributed by atoms with Crippen LogP contribution in [0.3, 0.4) is 0 Å². The molecule has 6 heteroatoms. The van der Waals surface area contributed by atoms with Crippen molar-refractivity contribution in [3.8, 4) is 16.6 Å². The molecule has 0 radical (unpaired) electrons. The molecular weight excluding hydrogens is 298 g/mol. The normalized spacial score (nSPS) is 11.0. The van der Waals surface area contributed by atoms with Crippen molar-refractivity contribution in [2.75, 3.05) is 0 Å². The first-order valence-corrected chi connectivity index (χ1v) is 7.58.